The van der Waals surface area contributed by atoms with Gasteiger partial charge >= 0.3 is 11.9 Å². The minimum atomic E-state index is -0.375. The molecule has 0 saturated carbocycles. The van der Waals surface area contributed by atoms with E-state index >= 15 is 0 Å². The highest BCUT2D eigenvalue weighted by atomic mass is 16.5. The first-order valence-electron chi connectivity index (χ1n) is 4.91. The van der Waals surface area contributed by atoms with Gasteiger partial charge in [-0.05, 0) is 5.92 Å². The quantitative estimate of drug-likeness (QED) is 0.650. The molecular formula is C10H19NO4. The normalized spacial score (nSPS) is 12.3. The number of carbonyl (C=O) groups is 2. The van der Waals surface area contributed by atoms with Crippen molar-refractivity contribution < 1.29 is 19.1 Å². The molecule has 0 aliphatic carbocycles. The molecule has 88 valence electrons. The Balaban J connectivity index is 3.97. The van der Waals surface area contributed by atoms with E-state index in [1.807, 2.05) is 13.8 Å². The van der Waals surface area contributed by atoms with Crippen LogP contribution in [0.1, 0.15) is 20.3 Å². The van der Waals surface area contributed by atoms with Crippen molar-refractivity contribution in [1.82, 2.24) is 5.32 Å². The molecular weight excluding hydrogens is 198 g/mol. The minimum Gasteiger partial charge on any atom is -0.469 e. The molecule has 1 unspecified atom stereocenters. The molecule has 0 fully saturated rings. The van der Waals surface area contributed by atoms with Crippen LogP contribution in [0.5, 0.6) is 0 Å². The summed E-state index contributed by atoms with van der Waals surface area (Å²) in [5.74, 6) is -0.486. The van der Waals surface area contributed by atoms with Crippen molar-refractivity contribution in [2.24, 2.45) is 5.92 Å². The molecule has 1 N–H and O–H groups in total. The van der Waals surface area contributed by atoms with Crippen LogP contribution in [0.15, 0.2) is 0 Å². The van der Waals surface area contributed by atoms with E-state index in [2.05, 4.69) is 14.8 Å². The number of hydrogen-bond acceptors (Lipinski definition) is 5. The molecule has 0 aliphatic heterocycles. The Morgan fingerprint density at radius 2 is 1.80 bits per heavy atom. The van der Waals surface area contributed by atoms with Crippen LogP contribution in [-0.4, -0.2) is 38.7 Å². The molecule has 0 bridgehead atoms. The van der Waals surface area contributed by atoms with E-state index < -0.39 is 0 Å². The van der Waals surface area contributed by atoms with Crippen LogP contribution >= 0.6 is 0 Å². The third kappa shape index (κ3) is 5.37. The molecule has 5 nitrogen and oxygen atoms in total. The van der Waals surface area contributed by atoms with Gasteiger partial charge < -0.3 is 14.8 Å². The number of rotatable bonds is 6. The zero-order chi connectivity index (χ0) is 11.8. The summed E-state index contributed by atoms with van der Waals surface area (Å²) >= 11 is 0. The fourth-order valence-electron chi connectivity index (χ4n) is 1.15. The fourth-order valence-corrected chi connectivity index (χ4v) is 1.15. The van der Waals surface area contributed by atoms with Crippen LogP contribution in [0.4, 0.5) is 0 Å². The van der Waals surface area contributed by atoms with Crippen LogP contribution in [0.2, 0.25) is 0 Å². The van der Waals surface area contributed by atoms with Gasteiger partial charge in [-0.3, -0.25) is 9.59 Å². The van der Waals surface area contributed by atoms with Gasteiger partial charge in [0.1, 0.15) is 6.04 Å². The van der Waals surface area contributed by atoms with Crippen molar-refractivity contribution in [2.75, 3.05) is 20.8 Å². The van der Waals surface area contributed by atoms with Gasteiger partial charge in [0.05, 0.1) is 20.6 Å². The number of ether oxygens (including phenoxy) is 2. The Morgan fingerprint density at radius 1 is 1.20 bits per heavy atom. The van der Waals surface area contributed by atoms with Crippen molar-refractivity contribution >= 4 is 11.9 Å². The van der Waals surface area contributed by atoms with E-state index in [-0.39, 0.29) is 30.3 Å². The molecule has 0 amide bonds. The highest BCUT2D eigenvalue weighted by molar-refractivity contribution is 5.76. The maximum absolute atomic E-state index is 11.3. The zero-order valence-corrected chi connectivity index (χ0v) is 9.70. The lowest BCUT2D eigenvalue weighted by Crippen LogP contribution is -2.42. The number of esters is 2. The van der Waals surface area contributed by atoms with Gasteiger partial charge in [0.25, 0.3) is 0 Å². The Kier molecular flexibility index (Phi) is 6.70. The molecule has 0 rings (SSSR count). The van der Waals surface area contributed by atoms with Crippen molar-refractivity contribution in [3.8, 4) is 0 Å². The van der Waals surface area contributed by atoms with Gasteiger partial charge in [0.2, 0.25) is 0 Å². The first-order chi connectivity index (χ1) is 7.02. The molecule has 0 radical (unpaired) electrons. The predicted octanol–water partition coefficient (Wildman–Crippen LogP) is 0.337. The Labute approximate surface area is 90.1 Å². The molecule has 0 aliphatic rings. The van der Waals surface area contributed by atoms with E-state index in [1.165, 1.54) is 14.2 Å². The van der Waals surface area contributed by atoms with Gasteiger partial charge in [0, 0.05) is 6.54 Å². The number of carbonyl (C=O) groups excluding carboxylic acids is 2. The largest absolute Gasteiger partial charge is 0.469 e. The summed E-state index contributed by atoms with van der Waals surface area (Å²) in [6.07, 6.45) is 0.247. The summed E-state index contributed by atoms with van der Waals surface area (Å²) in [4.78, 5) is 22.1. The molecule has 15 heavy (non-hydrogen) atoms. The number of nitrogens with one attached hydrogen (secondary N) is 1. The van der Waals surface area contributed by atoms with Crippen LogP contribution in [0.25, 0.3) is 0 Å². The molecule has 0 heterocycles. The van der Waals surface area contributed by atoms with Gasteiger partial charge in [-0.1, -0.05) is 13.8 Å². The molecule has 0 saturated heterocycles. The van der Waals surface area contributed by atoms with E-state index in [9.17, 15) is 9.59 Å². The highest BCUT2D eigenvalue weighted by Crippen LogP contribution is 2.03. The molecule has 0 spiro atoms. The van der Waals surface area contributed by atoms with E-state index in [0.717, 1.165) is 0 Å². The summed E-state index contributed by atoms with van der Waals surface area (Å²) in [7, 11) is 2.68. The molecule has 5 heteroatoms. The van der Waals surface area contributed by atoms with Crippen LogP contribution in [0.3, 0.4) is 0 Å². The fraction of sp³-hybridized carbons (Fsp3) is 0.800. The standard InChI is InChI=1S/C10H19NO4/c1-7(2)9(10(13)15-4)11-6-5-8(12)14-3/h7,9,11H,5-6H2,1-4H3. The van der Waals surface area contributed by atoms with Crippen molar-refractivity contribution in [3.05, 3.63) is 0 Å². The second kappa shape index (κ2) is 7.23. The van der Waals surface area contributed by atoms with Gasteiger partial charge in [-0.2, -0.15) is 0 Å². The predicted molar refractivity (Wildman–Crippen MR) is 55.3 cm³/mol. The zero-order valence-electron chi connectivity index (χ0n) is 9.70. The Hall–Kier alpha value is -1.10. The maximum atomic E-state index is 11.3. The van der Waals surface area contributed by atoms with Crippen LogP contribution in [-0.2, 0) is 19.1 Å². The maximum Gasteiger partial charge on any atom is 0.323 e. The van der Waals surface area contributed by atoms with Crippen molar-refractivity contribution in [3.63, 3.8) is 0 Å². The summed E-state index contributed by atoms with van der Waals surface area (Å²) < 4.78 is 9.12. The third-order valence-corrected chi connectivity index (χ3v) is 2.04. The monoisotopic (exact) mass is 217 g/mol. The smallest absolute Gasteiger partial charge is 0.323 e. The summed E-state index contributed by atoms with van der Waals surface area (Å²) in [5.41, 5.74) is 0. The molecule has 1 atom stereocenters. The van der Waals surface area contributed by atoms with Gasteiger partial charge in [-0.25, -0.2) is 0 Å². The summed E-state index contributed by atoms with van der Waals surface area (Å²) in [6, 6.07) is -0.375. The van der Waals surface area contributed by atoms with Gasteiger partial charge in [-0.15, -0.1) is 0 Å². The highest BCUT2D eigenvalue weighted by Gasteiger charge is 2.22. The third-order valence-electron chi connectivity index (χ3n) is 2.04. The molecule has 0 aromatic rings. The lowest BCUT2D eigenvalue weighted by atomic mass is 10.0. The first-order valence-corrected chi connectivity index (χ1v) is 4.91. The Morgan fingerprint density at radius 3 is 2.20 bits per heavy atom. The van der Waals surface area contributed by atoms with Gasteiger partial charge in [0.15, 0.2) is 0 Å². The topological polar surface area (TPSA) is 64.6 Å². The lowest BCUT2D eigenvalue weighted by Gasteiger charge is -2.19. The van der Waals surface area contributed by atoms with Crippen molar-refractivity contribution in [1.29, 1.82) is 0 Å². The first kappa shape index (κ1) is 13.9. The average Bonchev–Trinajstić information content (AvgIpc) is 2.22. The lowest BCUT2D eigenvalue weighted by molar-refractivity contribution is -0.145. The van der Waals surface area contributed by atoms with E-state index in [0.29, 0.717) is 6.54 Å². The van der Waals surface area contributed by atoms with E-state index in [4.69, 9.17) is 0 Å². The van der Waals surface area contributed by atoms with Crippen molar-refractivity contribution in [2.45, 2.75) is 26.3 Å². The second-order valence-corrected chi connectivity index (χ2v) is 3.53. The summed E-state index contributed by atoms with van der Waals surface area (Å²) in [6.45, 7) is 4.23. The number of hydrogen-bond donors (Lipinski definition) is 1. The van der Waals surface area contributed by atoms with Crippen LogP contribution in [0, 0.1) is 5.92 Å². The molecule has 0 aromatic carbocycles. The minimum absolute atomic E-state index is 0.120. The SMILES string of the molecule is COC(=O)CCNC(C(=O)OC)C(C)C. The second-order valence-electron chi connectivity index (χ2n) is 3.53. The number of methoxy groups -OCH3 is 2. The summed E-state index contributed by atoms with van der Waals surface area (Å²) in [5, 5.41) is 2.96. The average molecular weight is 217 g/mol. The molecule has 0 aromatic heterocycles. The van der Waals surface area contributed by atoms with E-state index in [1.54, 1.807) is 0 Å². The Bertz CT molecular complexity index is 215. The van der Waals surface area contributed by atoms with Crippen LogP contribution < -0.4 is 5.32 Å².